The summed E-state index contributed by atoms with van der Waals surface area (Å²) in [6.07, 6.45) is -0.395. The zero-order valence-electron chi connectivity index (χ0n) is 19.7. The van der Waals surface area contributed by atoms with Crippen LogP contribution in [-0.4, -0.2) is 74.7 Å². The summed E-state index contributed by atoms with van der Waals surface area (Å²) in [7, 11) is -8.22. The maximum absolute atomic E-state index is 13.0. The van der Waals surface area contributed by atoms with Crippen molar-refractivity contribution < 1.29 is 21.5 Å². The second-order valence-corrected chi connectivity index (χ2v) is 22.4. The smallest absolute Gasteiger partial charge is 0.260 e. The Morgan fingerprint density at radius 1 is 0.929 bits per heavy atom. The van der Waals surface area contributed by atoms with Gasteiger partial charge in [-0.2, -0.15) is 0 Å². The number of rotatable bonds is 8. The van der Waals surface area contributed by atoms with Gasteiger partial charge < -0.3 is 13.0 Å². The van der Waals surface area contributed by atoms with Crippen molar-refractivity contribution in [3.05, 3.63) is 0 Å². The van der Waals surface area contributed by atoms with Crippen LogP contribution in [0.4, 0.5) is 0 Å². The summed E-state index contributed by atoms with van der Waals surface area (Å²) in [4.78, 5) is 2.24. The second kappa shape index (κ2) is 9.15. The molecule has 1 heterocycles. The van der Waals surface area contributed by atoms with Crippen LogP contribution in [0.3, 0.4) is 0 Å². The Kier molecular flexibility index (Phi) is 8.58. The minimum atomic E-state index is -3.69. The van der Waals surface area contributed by atoms with Gasteiger partial charge in [0.25, 0.3) is 10.1 Å². The van der Waals surface area contributed by atoms with Gasteiger partial charge in [0.15, 0.2) is 8.32 Å². The highest BCUT2D eigenvalue weighted by atomic mass is 32.2. The SMILES string of the molecule is CC(C)(C)[Si](C)(C)OC(CN1CCOCC1)CS(=O)(=O)O[Si](C)(C)C(C)(C)C. The van der Waals surface area contributed by atoms with E-state index in [0.29, 0.717) is 19.8 Å². The van der Waals surface area contributed by atoms with Gasteiger partial charge in [-0.15, -0.1) is 0 Å². The van der Waals surface area contributed by atoms with E-state index in [1.165, 1.54) is 0 Å². The van der Waals surface area contributed by atoms with E-state index < -0.39 is 32.9 Å². The normalized spacial score (nSPS) is 19.6. The zero-order valence-corrected chi connectivity index (χ0v) is 22.5. The van der Waals surface area contributed by atoms with Crippen molar-refractivity contribution in [3.63, 3.8) is 0 Å². The maximum atomic E-state index is 13.0. The first-order valence-electron chi connectivity index (χ1n) is 10.3. The molecule has 0 aromatic heterocycles. The highest BCUT2D eigenvalue weighted by Crippen LogP contribution is 2.39. The molecule has 1 rings (SSSR count). The quantitative estimate of drug-likeness (QED) is 0.516. The minimum absolute atomic E-state index is 0.0142. The maximum Gasteiger partial charge on any atom is 0.260 e. The molecule has 1 atom stereocenters. The van der Waals surface area contributed by atoms with Gasteiger partial charge in [0.05, 0.1) is 19.3 Å². The number of morpholine rings is 1. The van der Waals surface area contributed by atoms with Crippen molar-refractivity contribution in [2.75, 3.05) is 38.6 Å². The van der Waals surface area contributed by atoms with Crippen molar-refractivity contribution in [1.29, 1.82) is 0 Å². The van der Waals surface area contributed by atoms with Gasteiger partial charge in [-0.25, -0.2) is 8.42 Å². The third-order valence-corrected chi connectivity index (χ3v) is 18.0. The topological polar surface area (TPSA) is 65.1 Å². The Hall–Kier alpha value is 0.224. The highest BCUT2D eigenvalue weighted by Gasteiger charge is 2.44. The van der Waals surface area contributed by atoms with Crippen molar-refractivity contribution in [2.24, 2.45) is 0 Å². The molecule has 1 aliphatic heterocycles. The standard InChI is InChI=1S/C19H43NO5SSi2/c1-18(2,3)27(7,8)24-17(15-20-11-13-23-14-12-20)16-26(21,22)25-28(9,10)19(4,5)6/h17H,11-16H2,1-10H3. The average molecular weight is 454 g/mol. The van der Waals surface area contributed by atoms with Crippen LogP contribution in [0, 0.1) is 0 Å². The fourth-order valence-electron chi connectivity index (χ4n) is 2.49. The van der Waals surface area contributed by atoms with Gasteiger partial charge in [-0.3, -0.25) is 4.90 Å². The van der Waals surface area contributed by atoms with E-state index in [2.05, 4.69) is 38.8 Å². The summed E-state index contributed by atoms with van der Waals surface area (Å²) in [5.74, 6) is -0.0939. The summed E-state index contributed by atoms with van der Waals surface area (Å²) in [6.45, 7) is 24.5. The third kappa shape index (κ3) is 7.81. The fraction of sp³-hybridized carbons (Fsp3) is 1.00. The summed E-state index contributed by atoms with van der Waals surface area (Å²) < 4.78 is 43.8. The molecule has 0 amide bonds. The first kappa shape index (κ1) is 26.3. The van der Waals surface area contributed by atoms with E-state index in [0.717, 1.165) is 13.1 Å². The predicted octanol–water partition coefficient (Wildman–Crippen LogP) is 4.06. The molecule has 0 N–H and O–H groups in total. The van der Waals surface area contributed by atoms with Crippen LogP contribution in [0.5, 0.6) is 0 Å². The van der Waals surface area contributed by atoms with E-state index >= 15 is 0 Å². The molecule has 1 saturated heterocycles. The number of hydrogen-bond donors (Lipinski definition) is 0. The summed E-state index contributed by atoms with van der Waals surface area (Å²) in [5.41, 5.74) is 0. The Morgan fingerprint density at radius 3 is 1.82 bits per heavy atom. The van der Waals surface area contributed by atoms with Gasteiger partial charge in [0, 0.05) is 19.6 Å². The molecule has 0 aromatic rings. The van der Waals surface area contributed by atoms with Gasteiger partial charge in [-0.05, 0) is 36.3 Å². The molecule has 1 aliphatic rings. The van der Waals surface area contributed by atoms with E-state index in [9.17, 15) is 8.42 Å². The first-order valence-corrected chi connectivity index (χ1v) is 17.7. The van der Waals surface area contributed by atoms with E-state index in [1.54, 1.807) is 0 Å². The Balaban J connectivity index is 3.00. The van der Waals surface area contributed by atoms with Crippen LogP contribution in [0.1, 0.15) is 41.5 Å². The summed E-state index contributed by atoms with van der Waals surface area (Å²) >= 11 is 0. The Labute approximate surface area is 175 Å². The number of hydrogen-bond acceptors (Lipinski definition) is 6. The molecule has 0 spiro atoms. The third-order valence-electron chi connectivity index (χ3n) is 6.36. The highest BCUT2D eigenvalue weighted by molar-refractivity contribution is 7.87. The summed E-state index contributed by atoms with van der Waals surface area (Å²) in [6, 6.07) is 0. The molecule has 1 unspecified atom stereocenters. The van der Waals surface area contributed by atoms with Gasteiger partial charge in [0.1, 0.15) is 5.75 Å². The molecule has 0 radical (unpaired) electrons. The van der Waals surface area contributed by atoms with Crippen molar-refractivity contribution in [1.82, 2.24) is 4.90 Å². The molecule has 1 fully saturated rings. The molecule has 0 bridgehead atoms. The van der Waals surface area contributed by atoms with Crippen LogP contribution in [-0.2, 0) is 23.2 Å². The van der Waals surface area contributed by atoms with Crippen molar-refractivity contribution in [3.8, 4) is 0 Å². The van der Waals surface area contributed by atoms with Crippen LogP contribution >= 0.6 is 0 Å². The molecule has 0 saturated carbocycles. The predicted molar refractivity (Wildman–Crippen MR) is 121 cm³/mol. The Bertz CT molecular complexity index is 603. The molecule has 168 valence electrons. The van der Waals surface area contributed by atoms with Crippen LogP contribution < -0.4 is 0 Å². The monoisotopic (exact) mass is 453 g/mol. The fourth-order valence-corrected chi connectivity index (χ4v) is 8.40. The minimum Gasteiger partial charge on any atom is -0.412 e. The van der Waals surface area contributed by atoms with Gasteiger partial charge in [-0.1, -0.05) is 41.5 Å². The van der Waals surface area contributed by atoms with Crippen LogP contribution in [0.25, 0.3) is 0 Å². The van der Waals surface area contributed by atoms with Crippen LogP contribution in [0.15, 0.2) is 0 Å². The first-order chi connectivity index (χ1) is 12.4. The lowest BCUT2D eigenvalue weighted by molar-refractivity contribution is 0.0203. The lowest BCUT2D eigenvalue weighted by Crippen LogP contribution is -2.51. The molecule has 28 heavy (non-hydrogen) atoms. The van der Waals surface area contributed by atoms with Gasteiger partial charge in [0.2, 0.25) is 8.32 Å². The van der Waals surface area contributed by atoms with Crippen molar-refractivity contribution in [2.45, 2.75) is 83.9 Å². The van der Waals surface area contributed by atoms with E-state index in [4.69, 9.17) is 13.0 Å². The number of nitrogens with zero attached hydrogens (tertiary/aromatic N) is 1. The lowest BCUT2D eigenvalue weighted by Gasteiger charge is -2.41. The molecule has 6 nitrogen and oxygen atoms in total. The molecule has 0 aliphatic carbocycles. The Morgan fingerprint density at radius 2 is 1.39 bits per heavy atom. The lowest BCUT2D eigenvalue weighted by atomic mass is 10.2. The number of ether oxygens (including phenoxy) is 1. The second-order valence-electron chi connectivity index (χ2n) is 11.0. The largest absolute Gasteiger partial charge is 0.412 e. The average Bonchev–Trinajstić information content (AvgIpc) is 2.43. The summed E-state index contributed by atoms with van der Waals surface area (Å²) in [5, 5.41) is -0.152. The van der Waals surface area contributed by atoms with E-state index in [1.807, 2.05) is 33.9 Å². The van der Waals surface area contributed by atoms with Gasteiger partial charge >= 0.3 is 0 Å². The zero-order chi connectivity index (χ0) is 22.0. The molecular weight excluding hydrogens is 410 g/mol. The van der Waals surface area contributed by atoms with Crippen molar-refractivity contribution >= 4 is 26.8 Å². The van der Waals surface area contributed by atoms with E-state index in [-0.39, 0.29) is 15.8 Å². The molecular formula is C19H43NO5SSi2. The van der Waals surface area contributed by atoms with Crippen LogP contribution in [0.2, 0.25) is 36.3 Å². The molecule has 9 heteroatoms. The molecule has 0 aromatic carbocycles.